The predicted molar refractivity (Wildman–Crippen MR) is 132 cm³/mol. The van der Waals surface area contributed by atoms with Crippen molar-refractivity contribution in [1.29, 1.82) is 0 Å². The molecule has 0 spiro atoms. The van der Waals surface area contributed by atoms with Crippen LogP contribution in [-0.4, -0.2) is 58.3 Å². The molecular formula is C24H28F4N6OSi. The molecule has 0 aliphatic carbocycles. The van der Waals surface area contributed by atoms with Gasteiger partial charge in [-0.05, 0) is 18.5 Å². The molecule has 0 unspecified atom stereocenters. The van der Waals surface area contributed by atoms with Crippen LogP contribution in [0.25, 0.3) is 22.4 Å². The van der Waals surface area contributed by atoms with Gasteiger partial charge in [-0.2, -0.15) is 22.8 Å². The minimum atomic E-state index is -4.71. The van der Waals surface area contributed by atoms with Gasteiger partial charge in [0.1, 0.15) is 6.17 Å². The Hall–Kier alpha value is -2.99. The third-order valence-corrected chi connectivity index (χ3v) is 8.00. The number of alkyl halides is 4. The monoisotopic (exact) mass is 520 g/mol. The summed E-state index contributed by atoms with van der Waals surface area (Å²) in [5.41, 5.74) is 2.92. The van der Waals surface area contributed by atoms with Crippen molar-refractivity contribution in [2.24, 2.45) is 0 Å². The molecule has 1 aromatic carbocycles. The minimum absolute atomic E-state index is 0.0160. The van der Waals surface area contributed by atoms with E-state index < -0.39 is 26.2 Å². The molecule has 0 N–H and O–H groups in total. The second-order valence-corrected chi connectivity index (χ2v) is 16.1. The van der Waals surface area contributed by atoms with E-state index in [4.69, 9.17) is 9.84 Å². The summed E-state index contributed by atoms with van der Waals surface area (Å²) in [5.74, 6) is -0.948. The second kappa shape index (κ2) is 8.84. The molecule has 36 heavy (non-hydrogen) atoms. The summed E-state index contributed by atoms with van der Waals surface area (Å²) in [6, 6.07) is 9.95. The summed E-state index contributed by atoms with van der Waals surface area (Å²) in [7, 11) is -1.26. The number of hydrogen-bond donors (Lipinski definition) is 0. The van der Waals surface area contributed by atoms with Crippen LogP contribution in [0.4, 0.5) is 23.2 Å². The first-order chi connectivity index (χ1) is 16.9. The van der Waals surface area contributed by atoms with Crippen LogP contribution < -0.4 is 4.90 Å². The molecule has 7 nitrogen and oxygen atoms in total. The van der Waals surface area contributed by atoms with Crippen molar-refractivity contribution >= 4 is 30.3 Å². The van der Waals surface area contributed by atoms with E-state index in [1.807, 2.05) is 25.1 Å². The number of fused-ring (bicyclic) bond motifs is 2. The molecule has 192 valence electrons. The van der Waals surface area contributed by atoms with Gasteiger partial charge in [-0.25, -0.2) is 14.1 Å². The number of rotatable bonds is 7. The molecule has 1 aliphatic rings. The lowest BCUT2D eigenvalue weighted by atomic mass is 10.1. The standard InChI is InChI=1S/C24H28F4N6OSi/c1-15-6-5-7-18-19(14-35-8-9-36(2,3)4)30-34(22(15)18)21-11-17(32-12-16(25)13-32)10-20-29-23(24(26,27)28)31-33(20)21/h5-7,10-11,16H,8-9,12-14H2,1-4H3. The van der Waals surface area contributed by atoms with E-state index in [0.29, 0.717) is 23.8 Å². The van der Waals surface area contributed by atoms with Crippen molar-refractivity contribution in [3.63, 3.8) is 0 Å². The third kappa shape index (κ3) is 4.71. The molecule has 0 amide bonds. The highest BCUT2D eigenvalue weighted by molar-refractivity contribution is 6.76. The van der Waals surface area contributed by atoms with Gasteiger partial charge in [0.15, 0.2) is 11.5 Å². The van der Waals surface area contributed by atoms with Crippen LogP contribution in [0.3, 0.4) is 0 Å². The summed E-state index contributed by atoms with van der Waals surface area (Å²) in [6.07, 6.45) is -5.68. The SMILES string of the molecule is Cc1cccc2c(COCC[Si](C)(C)C)nn(-c3cc(N4CC(F)C4)cc4nc(C(F)(F)F)nn34)c12. The van der Waals surface area contributed by atoms with E-state index in [1.165, 1.54) is 6.07 Å². The van der Waals surface area contributed by atoms with E-state index in [0.717, 1.165) is 27.0 Å². The second-order valence-electron chi connectivity index (χ2n) is 10.5. The average Bonchev–Trinajstić information content (AvgIpc) is 3.36. The Morgan fingerprint density at radius 1 is 1.11 bits per heavy atom. The fraction of sp³-hybridized carbons (Fsp3) is 0.458. The molecule has 0 bridgehead atoms. The van der Waals surface area contributed by atoms with Gasteiger partial charge in [-0.1, -0.05) is 37.8 Å². The van der Waals surface area contributed by atoms with E-state index in [2.05, 4.69) is 29.7 Å². The molecular weight excluding hydrogens is 492 g/mol. The first kappa shape index (κ1) is 24.7. The molecule has 0 atom stereocenters. The zero-order valence-electron chi connectivity index (χ0n) is 20.6. The highest BCUT2D eigenvalue weighted by Gasteiger charge is 2.37. The Morgan fingerprint density at radius 3 is 2.53 bits per heavy atom. The lowest BCUT2D eigenvalue weighted by Crippen LogP contribution is -2.48. The Morgan fingerprint density at radius 2 is 1.86 bits per heavy atom. The van der Waals surface area contributed by atoms with Crippen molar-refractivity contribution in [3.8, 4) is 5.82 Å². The highest BCUT2D eigenvalue weighted by Crippen LogP contribution is 2.33. The number of aromatic nitrogens is 5. The molecule has 1 fully saturated rings. The number of halogens is 4. The van der Waals surface area contributed by atoms with Gasteiger partial charge in [-0.3, -0.25) is 0 Å². The van der Waals surface area contributed by atoms with Crippen LogP contribution in [0.15, 0.2) is 30.3 Å². The van der Waals surface area contributed by atoms with E-state index in [1.54, 1.807) is 15.6 Å². The normalized spacial score (nSPS) is 15.3. The molecule has 5 rings (SSSR count). The van der Waals surface area contributed by atoms with Gasteiger partial charge >= 0.3 is 6.18 Å². The van der Waals surface area contributed by atoms with E-state index >= 15 is 0 Å². The number of anilines is 1. The Balaban J connectivity index is 1.64. The van der Waals surface area contributed by atoms with Crippen LogP contribution in [0.2, 0.25) is 25.7 Å². The lowest BCUT2D eigenvalue weighted by molar-refractivity contribution is -0.144. The summed E-state index contributed by atoms with van der Waals surface area (Å²) < 4.78 is 62.8. The fourth-order valence-electron chi connectivity index (χ4n) is 4.26. The highest BCUT2D eigenvalue weighted by atomic mass is 28.3. The van der Waals surface area contributed by atoms with Gasteiger partial charge in [0.05, 0.1) is 30.9 Å². The third-order valence-electron chi connectivity index (χ3n) is 6.29. The molecule has 12 heteroatoms. The van der Waals surface area contributed by atoms with Crippen LogP contribution in [-0.2, 0) is 17.5 Å². The smallest absolute Gasteiger partial charge is 0.375 e. The molecule has 3 aromatic heterocycles. The number of aryl methyl sites for hydroxylation is 1. The largest absolute Gasteiger partial charge is 0.453 e. The fourth-order valence-corrected chi connectivity index (χ4v) is 5.02. The van der Waals surface area contributed by atoms with Crippen molar-refractivity contribution in [1.82, 2.24) is 24.4 Å². The average molecular weight is 521 g/mol. The van der Waals surface area contributed by atoms with Crippen LogP contribution in [0.5, 0.6) is 0 Å². The molecule has 1 aliphatic heterocycles. The zero-order chi connectivity index (χ0) is 25.8. The van der Waals surface area contributed by atoms with Gasteiger partial charge in [0, 0.05) is 37.9 Å². The number of para-hydroxylation sites is 1. The van der Waals surface area contributed by atoms with Crippen molar-refractivity contribution < 1.29 is 22.3 Å². The Bertz CT molecular complexity index is 1420. The number of ether oxygens (including phenoxy) is 1. The van der Waals surface area contributed by atoms with Gasteiger partial charge in [-0.15, -0.1) is 5.10 Å². The summed E-state index contributed by atoms with van der Waals surface area (Å²) in [6.45, 7) is 9.99. The first-order valence-corrected chi connectivity index (χ1v) is 15.5. The molecule has 1 saturated heterocycles. The first-order valence-electron chi connectivity index (χ1n) is 11.8. The molecule has 4 aromatic rings. The van der Waals surface area contributed by atoms with E-state index in [-0.39, 0.29) is 25.3 Å². The summed E-state index contributed by atoms with van der Waals surface area (Å²) in [4.78, 5) is 5.49. The van der Waals surface area contributed by atoms with Crippen molar-refractivity contribution in [3.05, 3.63) is 47.4 Å². The number of nitrogens with zero attached hydrogens (tertiary/aromatic N) is 6. The minimum Gasteiger partial charge on any atom is -0.375 e. The van der Waals surface area contributed by atoms with Crippen molar-refractivity contribution in [2.75, 3.05) is 24.6 Å². The summed E-state index contributed by atoms with van der Waals surface area (Å²) in [5, 5.41) is 9.40. The van der Waals surface area contributed by atoms with Crippen LogP contribution >= 0.6 is 0 Å². The number of pyridine rings is 1. The van der Waals surface area contributed by atoms with Gasteiger partial charge < -0.3 is 9.64 Å². The maximum absolute atomic E-state index is 13.6. The molecule has 0 radical (unpaired) electrons. The molecule has 4 heterocycles. The molecule has 0 saturated carbocycles. The summed E-state index contributed by atoms with van der Waals surface area (Å²) >= 11 is 0. The maximum atomic E-state index is 13.6. The number of hydrogen-bond acceptors (Lipinski definition) is 5. The Labute approximate surface area is 206 Å². The van der Waals surface area contributed by atoms with Crippen LogP contribution in [0, 0.1) is 6.92 Å². The van der Waals surface area contributed by atoms with E-state index in [9.17, 15) is 17.6 Å². The van der Waals surface area contributed by atoms with Crippen molar-refractivity contribution in [2.45, 2.75) is 51.6 Å². The number of benzene rings is 1. The maximum Gasteiger partial charge on any atom is 0.453 e. The van der Waals surface area contributed by atoms with Crippen LogP contribution in [0.1, 0.15) is 17.1 Å². The Kier molecular flexibility index (Phi) is 6.06. The predicted octanol–water partition coefficient (Wildman–Crippen LogP) is 5.41. The zero-order valence-corrected chi connectivity index (χ0v) is 21.6. The van der Waals surface area contributed by atoms with Gasteiger partial charge in [0.25, 0.3) is 5.82 Å². The quantitative estimate of drug-likeness (QED) is 0.185. The lowest BCUT2D eigenvalue weighted by Gasteiger charge is -2.36. The topological polar surface area (TPSA) is 60.5 Å². The van der Waals surface area contributed by atoms with Gasteiger partial charge in [0.2, 0.25) is 0 Å².